The van der Waals surface area contributed by atoms with Crippen molar-refractivity contribution in [1.29, 1.82) is 0 Å². The first kappa shape index (κ1) is 15.0. The maximum atomic E-state index is 4.93. The van der Waals surface area contributed by atoms with Crippen molar-refractivity contribution in [3.8, 4) is 0 Å². The predicted octanol–water partition coefficient (Wildman–Crippen LogP) is -0.936. The van der Waals surface area contributed by atoms with Crippen LogP contribution in [0.15, 0.2) is 0 Å². The first-order valence-electron chi connectivity index (χ1n) is 3.51. The first-order valence-corrected chi connectivity index (χ1v) is 4.33. The summed E-state index contributed by atoms with van der Waals surface area (Å²) in [6, 6.07) is 0. The Morgan fingerprint density at radius 3 is 1.91 bits per heavy atom. The first-order chi connectivity index (χ1) is 4.30. The molecule has 1 saturated carbocycles. The van der Waals surface area contributed by atoms with E-state index in [2.05, 4.69) is 0 Å². The van der Waals surface area contributed by atoms with Gasteiger partial charge in [0.1, 0.15) is 0 Å². The van der Waals surface area contributed by atoms with Crippen molar-refractivity contribution in [3.05, 3.63) is 0 Å². The standard InChI is InChI=1S/C7H12S2.BrH.Mg/c8-7(9)6-4-2-1-3-5-6;;/h6H,1-5H2,(H,8,9);1H;/q;;+2/p-2. The fraction of sp³-hybridized carbons (Fsp3) is 0.857. The summed E-state index contributed by atoms with van der Waals surface area (Å²) in [6.45, 7) is 0. The van der Waals surface area contributed by atoms with E-state index in [0.29, 0.717) is 5.92 Å². The maximum absolute atomic E-state index is 4.93. The number of rotatable bonds is 1. The summed E-state index contributed by atoms with van der Waals surface area (Å²) in [5.74, 6) is 0.601. The van der Waals surface area contributed by atoms with Crippen molar-refractivity contribution in [1.82, 2.24) is 0 Å². The fourth-order valence-electron chi connectivity index (χ4n) is 1.34. The van der Waals surface area contributed by atoms with Gasteiger partial charge in [-0.05, 0) is 18.8 Å². The Kier molecular flexibility index (Phi) is 11.2. The summed E-state index contributed by atoms with van der Waals surface area (Å²) in [5.41, 5.74) is 0. The van der Waals surface area contributed by atoms with E-state index in [1.807, 2.05) is 0 Å². The Hall–Kier alpha value is 1.56. The average molecular weight is 264 g/mol. The molecule has 0 aliphatic heterocycles. The van der Waals surface area contributed by atoms with Crippen molar-refractivity contribution >= 4 is 52.1 Å². The van der Waals surface area contributed by atoms with Crippen LogP contribution in [0.1, 0.15) is 32.1 Å². The zero-order valence-electron chi connectivity index (χ0n) is 6.51. The maximum Gasteiger partial charge on any atom is 2.00 e. The second kappa shape index (κ2) is 8.17. The fourth-order valence-corrected chi connectivity index (χ4v) is 1.81. The smallest absolute Gasteiger partial charge is 1.00 e. The van der Waals surface area contributed by atoms with Crippen LogP contribution in [0.2, 0.25) is 0 Å². The molecule has 1 rings (SSSR count). The van der Waals surface area contributed by atoms with Crippen LogP contribution in [0, 0.1) is 5.92 Å². The SMILES string of the molecule is S=C([S-])C1CCCCC1.[Br-].[Mg+2]. The van der Waals surface area contributed by atoms with E-state index in [1.54, 1.807) is 0 Å². The molecule has 0 aromatic rings. The number of hydrogen-bond donors (Lipinski definition) is 0. The molecule has 0 amide bonds. The predicted molar refractivity (Wildman–Crippen MR) is 52.3 cm³/mol. The molecule has 60 valence electrons. The molecule has 1 fully saturated rings. The molecule has 1 aliphatic rings. The normalized spacial score (nSPS) is 17.8. The largest absolute Gasteiger partial charge is 2.00 e. The Morgan fingerprint density at radius 1 is 1.18 bits per heavy atom. The topological polar surface area (TPSA) is 0 Å². The second-order valence-electron chi connectivity index (χ2n) is 2.65. The molecular weight excluding hydrogens is 252 g/mol. The van der Waals surface area contributed by atoms with Gasteiger partial charge in [-0.2, -0.15) is 0 Å². The van der Waals surface area contributed by atoms with Crippen LogP contribution in [0.3, 0.4) is 0 Å². The van der Waals surface area contributed by atoms with E-state index in [4.69, 9.17) is 24.8 Å². The van der Waals surface area contributed by atoms with Gasteiger partial charge in [0.25, 0.3) is 0 Å². The van der Waals surface area contributed by atoms with Crippen molar-refractivity contribution in [2.24, 2.45) is 5.92 Å². The molecule has 4 heteroatoms. The molecule has 0 atom stereocenters. The zero-order valence-corrected chi connectivity index (χ0v) is 11.1. The molecule has 0 unspecified atom stereocenters. The van der Waals surface area contributed by atoms with Gasteiger partial charge in [0, 0.05) is 0 Å². The molecule has 0 radical (unpaired) electrons. The van der Waals surface area contributed by atoms with Crippen LogP contribution in [-0.2, 0) is 12.6 Å². The van der Waals surface area contributed by atoms with Crippen LogP contribution in [0.25, 0.3) is 0 Å². The molecule has 0 bridgehead atoms. The minimum absolute atomic E-state index is 0. The minimum atomic E-state index is 0. The third-order valence-electron chi connectivity index (χ3n) is 1.94. The Labute approximate surface area is 106 Å². The molecule has 0 N–H and O–H groups in total. The van der Waals surface area contributed by atoms with Crippen molar-refractivity contribution in [2.45, 2.75) is 32.1 Å². The summed E-state index contributed by atoms with van der Waals surface area (Å²) in [5, 5.41) is 0. The molecule has 1 aliphatic carbocycles. The summed E-state index contributed by atoms with van der Waals surface area (Å²) in [4.78, 5) is 0. The Bertz CT molecular complexity index is 113. The molecular formula is C7H11BrMgS2. The molecule has 0 saturated heterocycles. The number of hydrogen-bond acceptors (Lipinski definition) is 2. The molecule has 0 spiro atoms. The van der Waals surface area contributed by atoms with Crippen LogP contribution in [-0.4, -0.2) is 27.2 Å². The van der Waals surface area contributed by atoms with E-state index in [1.165, 1.54) is 32.1 Å². The van der Waals surface area contributed by atoms with Gasteiger partial charge in [-0.1, -0.05) is 19.3 Å². The van der Waals surface area contributed by atoms with Crippen LogP contribution >= 0.6 is 12.2 Å². The van der Waals surface area contributed by atoms with Crippen LogP contribution in [0.4, 0.5) is 0 Å². The van der Waals surface area contributed by atoms with Gasteiger partial charge in [-0.15, -0.1) is 4.20 Å². The monoisotopic (exact) mass is 262 g/mol. The van der Waals surface area contributed by atoms with Crippen molar-refractivity contribution in [3.63, 3.8) is 0 Å². The van der Waals surface area contributed by atoms with Crippen molar-refractivity contribution in [2.75, 3.05) is 0 Å². The number of halogens is 1. The van der Waals surface area contributed by atoms with Crippen LogP contribution in [0.5, 0.6) is 0 Å². The molecule has 11 heavy (non-hydrogen) atoms. The summed E-state index contributed by atoms with van der Waals surface area (Å²) in [6.07, 6.45) is 6.56. The summed E-state index contributed by atoms with van der Waals surface area (Å²) in [7, 11) is 0. The Morgan fingerprint density at radius 2 is 1.64 bits per heavy atom. The van der Waals surface area contributed by atoms with Gasteiger partial charge in [0.15, 0.2) is 0 Å². The molecule has 0 heterocycles. The van der Waals surface area contributed by atoms with Gasteiger partial charge in [-0.25, -0.2) is 0 Å². The zero-order chi connectivity index (χ0) is 6.69. The van der Waals surface area contributed by atoms with E-state index in [9.17, 15) is 0 Å². The van der Waals surface area contributed by atoms with Gasteiger partial charge in [0.05, 0.1) is 0 Å². The van der Waals surface area contributed by atoms with E-state index in [-0.39, 0.29) is 40.0 Å². The van der Waals surface area contributed by atoms with E-state index >= 15 is 0 Å². The Balaban J connectivity index is 0. The summed E-state index contributed by atoms with van der Waals surface area (Å²) < 4.78 is 0.815. The minimum Gasteiger partial charge on any atom is -1.00 e. The third kappa shape index (κ3) is 5.74. The molecule has 0 nitrogen and oxygen atoms in total. The van der Waals surface area contributed by atoms with Gasteiger partial charge >= 0.3 is 23.1 Å². The van der Waals surface area contributed by atoms with E-state index in [0.717, 1.165) is 4.20 Å². The van der Waals surface area contributed by atoms with E-state index < -0.39 is 0 Å². The summed E-state index contributed by atoms with van der Waals surface area (Å²) >= 11 is 9.86. The van der Waals surface area contributed by atoms with Crippen LogP contribution < -0.4 is 17.0 Å². The van der Waals surface area contributed by atoms with Gasteiger partial charge in [-0.3, -0.25) is 0 Å². The second-order valence-corrected chi connectivity index (χ2v) is 3.79. The number of thiocarbonyl (C=S) groups is 1. The van der Waals surface area contributed by atoms with Crippen molar-refractivity contribution < 1.29 is 17.0 Å². The molecule has 0 aromatic carbocycles. The van der Waals surface area contributed by atoms with Gasteiger partial charge < -0.3 is 41.8 Å². The van der Waals surface area contributed by atoms with Gasteiger partial charge in [0.2, 0.25) is 0 Å². The molecule has 0 aromatic heterocycles. The third-order valence-corrected chi connectivity index (χ3v) is 2.61. The average Bonchev–Trinajstić information content (AvgIpc) is 1.90. The quantitative estimate of drug-likeness (QED) is 0.340.